The van der Waals surface area contributed by atoms with Gasteiger partial charge < -0.3 is 20.9 Å². The van der Waals surface area contributed by atoms with Gasteiger partial charge in [-0.1, -0.05) is 152 Å². The van der Waals surface area contributed by atoms with Crippen LogP contribution in [0.3, 0.4) is 0 Å². The van der Waals surface area contributed by atoms with Gasteiger partial charge in [0, 0.05) is 12.8 Å². The van der Waals surface area contributed by atoms with Crippen LogP contribution >= 0.6 is 0 Å². The molecule has 0 radical (unpaired) electrons. The number of carbonyl (C=O) groups excluding carboxylic acids is 2. The SMILES string of the molecule is CC/C=C\C/C=C\C/C=C\C/C=C\CCCCCCCCCCC(=O)OC(CCCCCCCC)CCCCCCCC(=O)NC(CCCN)C(=O)O. The van der Waals surface area contributed by atoms with Gasteiger partial charge in [0.2, 0.25) is 5.91 Å². The maximum absolute atomic E-state index is 12.7. The van der Waals surface area contributed by atoms with Crippen LogP contribution in [0.25, 0.3) is 0 Å². The van der Waals surface area contributed by atoms with E-state index in [0.29, 0.717) is 32.2 Å². The summed E-state index contributed by atoms with van der Waals surface area (Å²) in [7, 11) is 0. The summed E-state index contributed by atoms with van der Waals surface area (Å²) >= 11 is 0. The number of hydrogen-bond acceptors (Lipinski definition) is 5. The minimum Gasteiger partial charge on any atom is -0.480 e. The number of carboxylic acid groups (broad SMARTS) is 1. The summed E-state index contributed by atoms with van der Waals surface area (Å²) in [5.41, 5.74) is 5.47. The largest absolute Gasteiger partial charge is 0.480 e. The molecule has 0 aromatic rings. The van der Waals surface area contributed by atoms with Crippen LogP contribution < -0.4 is 11.1 Å². The molecule has 0 aromatic heterocycles. The molecule has 0 fully saturated rings. The molecule has 0 saturated carbocycles. The van der Waals surface area contributed by atoms with Crippen molar-refractivity contribution in [3.8, 4) is 0 Å². The minimum absolute atomic E-state index is 0.0117. The first-order valence-corrected chi connectivity index (χ1v) is 22.0. The van der Waals surface area contributed by atoms with E-state index in [4.69, 9.17) is 10.5 Å². The average molecular weight is 743 g/mol. The Balaban J connectivity index is 4.07. The highest BCUT2D eigenvalue weighted by atomic mass is 16.5. The van der Waals surface area contributed by atoms with E-state index in [-0.39, 0.29) is 18.0 Å². The first kappa shape index (κ1) is 50.3. The Morgan fingerprint density at radius 2 is 1.04 bits per heavy atom. The summed E-state index contributed by atoms with van der Waals surface area (Å²) in [6.45, 7) is 4.81. The number of allylic oxidation sites excluding steroid dienone is 8. The van der Waals surface area contributed by atoms with Gasteiger partial charge in [-0.05, 0) is 96.4 Å². The van der Waals surface area contributed by atoms with Gasteiger partial charge in [-0.25, -0.2) is 4.79 Å². The molecule has 0 rings (SSSR count). The molecule has 7 heteroatoms. The van der Waals surface area contributed by atoms with Crippen LogP contribution in [0.1, 0.15) is 206 Å². The Morgan fingerprint density at radius 1 is 0.566 bits per heavy atom. The van der Waals surface area contributed by atoms with Crippen molar-refractivity contribution in [1.29, 1.82) is 0 Å². The van der Waals surface area contributed by atoms with Gasteiger partial charge in [0.25, 0.3) is 0 Å². The van der Waals surface area contributed by atoms with Crippen LogP contribution in [-0.2, 0) is 19.1 Å². The number of unbranched alkanes of at least 4 members (excludes halogenated alkanes) is 17. The van der Waals surface area contributed by atoms with Gasteiger partial charge >= 0.3 is 11.9 Å². The zero-order valence-corrected chi connectivity index (χ0v) is 34.4. The highest BCUT2D eigenvalue weighted by molar-refractivity contribution is 5.83. The fourth-order valence-electron chi connectivity index (χ4n) is 6.38. The lowest BCUT2D eigenvalue weighted by Crippen LogP contribution is -2.40. The Bertz CT molecular complexity index is 973. The molecular formula is C46H82N2O5. The summed E-state index contributed by atoms with van der Waals surface area (Å²) in [4.78, 5) is 36.2. The van der Waals surface area contributed by atoms with E-state index in [2.05, 4.69) is 67.8 Å². The Morgan fingerprint density at radius 3 is 1.57 bits per heavy atom. The van der Waals surface area contributed by atoms with Crippen LogP contribution in [-0.4, -0.2) is 41.6 Å². The molecule has 0 aliphatic carbocycles. The van der Waals surface area contributed by atoms with Crippen molar-refractivity contribution in [2.45, 2.75) is 219 Å². The van der Waals surface area contributed by atoms with Crippen molar-refractivity contribution in [1.82, 2.24) is 5.32 Å². The fraction of sp³-hybridized carbons (Fsp3) is 0.761. The van der Waals surface area contributed by atoms with E-state index in [1.807, 2.05) is 0 Å². The van der Waals surface area contributed by atoms with Gasteiger partial charge in [0.15, 0.2) is 0 Å². The monoisotopic (exact) mass is 743 g/mol. The second-order valence-electron chi connectivity index (χ2n) is 14.7. The highest BCUT2D eigenvalue weighted by Crippen LogP contribution is 2.19. The third-order valence-electron chi connectivity index (χ3n) is 9.66. The molecule has 1 amide bonds. The van der Waals surface area contributed by atoms with Gasteiger partial charge in [-0.15, -0.1) is 0 Å². The van der Waals surface area contributed by atoms with Gasteiger partial charge in [0.05, 0.1) is 0 Å². The lowest BCUT2D eigenvalue weighted by atomic mass is 10.0. The summed E-state index contributed by atoms with van der Waals surface area (Å²) in [5, 5.41) is 11.9. The van der Waals surface area contributed by atoms with E-state index < -0.39 is 12.0 Å². The molecule has 0 bridgehead atoms. The predicted octanol–water partition coefficient (Wildman–Crippen LogP) is 12.4. The van der Waals surface area contributed by atoms with E-state index in [0.717, 1.165) is 89.9 Å². The Hall–Kier alpha value is -2.67. The van der Waals surface area contributed by atoms with Crippen LogP contribution in [0.15, 0.2) is 48.6 Å². The normalized spacial score (nSPS) is 13.1. The molecule has 0 spiro atoms. The molecule has 0 aliphatic heterocycles. The number of nitrogens with one attached hydrogen (secondary N) is 1. The number of rotatable bonds is 39. The quantitative estimate of drug-likeness (QED) is 0.0328. The highest BCUT2D eigenvalue weighted by Gasteiger charge is 2.19. The lowest BCUT2D eigenvalue weighted by Gasteiger charge is -2.18. The van der Waals surface area contributed by atoms with Crippen LogP contribution in [0.5, 0.6) is 0 Å². The lowest BCUT2D eigenvalue weighted by molar-refractivity contribution is -0.150. The summed E-state index contributed by atoms with van der Waals surface area (Å²) in [5.74, 6) is -1.24. The van der Waals surface area contributed by atoms with E-state index in [1.165, 1.54) is 77.0 Å². The number of aliphatic carboxylic acids is 1. The van der Waals surface area contributed by atoms with Crippen molar-refractivity contribution in [3.63, 3.8) is 0 Å². The number of carboxylic acids is 1. The number of ether oxygens (including phenoxy) is 1. The van der Waals surface area contributed by atoms with E-state index >= 15 is 0 Å². The van der Waals surface area contributed by atoms with Crippen molar-refractivity contribution in [2.75, 3.05) is 6.54 Å². The van der Waals surface area contributed by atoms with Gasteiger partial charge in [0.1, 0.15) is 12.1 Å². The predicted molar refractivity (Wildman–Crippen MR) is 225 cm³/mol. The van der Waals surface area contributed by atoms with E-state index in [9.17, 15) is 19.5 Å². The summed E-state index contributed by atoms with van der Waals surface area (Å²) < 4.78 is 6.00. The standard InChI is InChI=1S/C46H82N2O5/c1-3-5-7-9-11-12-13-14-15-16-17-18-19-20-21-22-23-24-25-30-34-40-45(50)53-42(36-31-27-10-8-6-4-2)37-32-28-26-29-33-39-44(49)48-43(46(51)52)38-35-41-47/h5,7,11-12,14-15,17-18,42-43H,3-4,6,8-10,13,16,19-41,47H2,1-2H3,(H,48,49)(H,51,52)/b7-5-,12-11-,15-14-,18-17-. The van der Waals surface area contributed by atoms with Crippen molar-refractivity contribution < 1.29 is 24.2 Å². The Kier molecular flexibility index (Phi) is 38.5. The number of hydrogen-bond donors (Lipinski definition) is 3. The molecule has 306 valence electrons. The second kappa shape index (κ2) is 40.5. The zero-order valence-electron chi connectivity index (χ0n) is 34.4. The zero-order chi connectivity index (χ0) is 38.9. The van der Waals surface area contributed by atoms with Crippen molar-refractivity contribution >= 4 is 17.8 Å². The van der Waals surface area contributed by atoms with Crippen molar-refractivity contribution in [3.05, 3.63) is 48.6 Å². The van der Waals surface area contributed by atoms with Gasteiger partial charge in [-0.3, -0.25) is 9.59 Å². The number of carbonyl (C=O) groups is 3. The van der Waals surface area contributed by atoms with Crippen LogP contribution in [0, 0.1) is 0 Å². The maximum Gasteiger partial charge on any atom is 0.326 e. The molecule has 53 heavy (non-hydrogen) atoms. The molecule has 2 unspecified atom stereocenters. The topological polar surface area (TPSA) is 119 Å². The number of nitrogens with two attached hydrogens (primary N) is 1. The third-order valence-corrected chi connectivity index (χ3v) is 9.66. The average Bonchev–Trinajstić information content (AvgIpc) is 3.14. The first-order chi connectivity index (χ1) is 25.9. The molecule has 0 heterocycles. The molecule has 0 saturated heterocycles. The molecule has 0 aromatic carbocycles. The van der Waals surface area contributed by atoms with E-state index in [1.54, 1.807) is 0 Å². The number of amides is 1. The smallest absolute Gasteiger partial charge is 0.326 e. The minimum atomic E-state index is -1.01. The maximum atomic E-state index is 12.7. The molecule has 0 aliphatic rings. The Labute approximate surface area is 326 Å². The fourth-order valence-corrected chi connectivity index (χ4v) is 6.38. The first-order valence-electron chi connectivity index (χ1n) is 22.0. The van der Waals surface area contributed by atoms with Crippen LogP contribution in [0.2, 0.25) is 0 Å². The number of esters is 1. The van der Waals surface area contributed by atoms with Crippen molar-refractivity contribution in [2.24, 2.45) is 5.73 Å². The summed E-state index contributed by atoms with van der Waals surface area (Å²) in [6, 6.07) is -0.856. The molecule has 7 nitrogen and oxygen atoms in total. The molecule has 4 N–H and O–H groups in total. The molecular weight excluding hydrogens is 661 g/mol. The summed E-state index contributed by atoms with van der Waals surface area (Å²) in [6.07, 6.45) is 48.8. The third kappa shape index (κ3) is 37.4. The second-order valence-corrected chi connectivity index (χ2v) is 14.7. The van der Waals surface area contributed by atoms with Crippen LogP contribution in [0.4, 0.5) is 0 Å². The van der Waals surface area contributed by atoms with Gasteiger partial charge in [-0.2, -0.15) is 0 Å². The molecule has 2 atom stereocenters.